The van der Waals surface area contributed by atoms with Crippen LogP contribution in [0.1, 0.15) is 16.7 Å². The smallest absolute Gasteiger partial charge is 0.0770 e. The molecule has 0 fully saturated rings. The van der Waals surface area contributed by atoms with Gasteiger partial charge in [0.05, 0.1) is 27.9 Å². The summed E-state index contributed by atoms with van der Waals surface area (Å²) in [5.74, 6) is 0.879. The van der Waals surface area contributed by atoms with Crippen LogP contribution in [0.4, 0.5) is 22.7 Å². The van der Waals surface area contributed by atoms with Gasteiger partial charge in [0.15, 0.2) is 0 Å². The molecule has 298 valence electrons. The average Bonchev–Trinajstić information content (AvgIpc) is 4.00. The minimum Gasteiger partial charge on any atom is -0.493 e. The van der Waals surface area contributed by atoms with Crippen LogP contribution in [0.2, 0.25) is 0 Å². The van der Waals surface area contributed by atoms with Crippen molar-refractivity contribution in [3.05, 3.63) is 193 Å². The Hall–Kier alpha value is -6.88. The van der Waals surface area contributed by atoms with Gasteiger partial charge in [-0.15, -0.1) is 54.3 Å². The molecule has 1 aliphatic rings. The van der Waals surface area contributed by atoms with Crippen LogP contribution in [0.5, 0.6) is 0 Å². The summed E-state index contributed by atoms with van der Waals surface area (Å²) < 4.78 is 6.90. The Kier molecular flexibility index (Phi) is 8.59. The van der Waals surface area contributed by atoms with E-state index in [0.29, 0.717) is 0 Å². The third-order valence-electron chi connectivity index (χ3n) is 12.3. The Morgan fingerprint density at radius 2 is 1.16 bits per heavy atom. The first kappa shape index (κ1) is 37.1. The molecule has 6 nitrogen and oxygen atoms in total. The van der Waals surface area contributed by atoms with E-state index in [1.165, 1.54) is 38.7 Å². The van der Waals surface area contributed by atoms with Crippen molar-refractivity contribution >= 4 is 77.4 Å². The quantitative estimate of drug-likeness (QED) is 0.161. The molecule has 0 saturated heterocycles. The number of para-hydroxylation sites is 6. The Labute approximate surface area is 368 Å². The van der Waals surface area contributed by atoms with Gasteiger partial charge in [0, 0.05) is 67.2 Å². The summed E-state index contributed by atoms with van der Waals surface area (Å²) in [6.45, 7) is 8.79. The van der Waals surface area contributed by atoms with E-state index in [4.69, 9.17) is 4.98 Å². The molecule has 1 aliphatic heterocycles. The van der Waals surface area contributed by atoms with Crippen LogP contribution in [0.3, 0.4) is 0 Å². The molecule has 0 bridgehead atoms. The number of benzene rings is 8. The standard InChI is InChI=1S/C54H39N6.Pt/c1-34-27-35(2)53(36(3)28-34)58-33-57(48-23-12-13-24-49(48)58)39-17-14-18-40(30-39)60-50-29-37(54-55-45-20-9-11-22-47(45)56(54)4)25-26-42(50)44-31-43-41-19-8-10-21-46(41)59(51(43)32-52(44)60)38-15-6-5-7-16-38;/h5-28,31-33H,1-4H3;/q-3;. The van der Waals surface area contributed by atoms with Crippen LogP contribution in [0, 0.1) is 39.6 Å². The second-order valence-corrected chi connectivity index (χ2v) is 16.0. The van der Waals surface area contributed by atoms with Crippen molar-refractivity contribution in [3.63, 3.8) is 0 Å². The molecule has 3 aromatic heterocycles. The van der Waals surface area contributed by atoms with E-state index < -0.39 is 0 Å². The minimum absolute atomic E-state index is 0. The molecule has 0 unspecified atom stereocenters. The van der Waals surface area contributed by atoms with Crippen LogP contribution in [0.25, 0.3) is 77.4 Å². The largest absolute Gasteiger partial charge is 0.493 e. The Bertz CT molecular complexity index is 3510. The topological polar surface area (TPSA) is 34.2 Å². The van der Waals surface area contributed by atoms with Crippen LogP contribution >= 0.6 is 0 Å². The second kappa shape index (κ2) is 14.1. The molecule has 0 radical (unpaired) electrons. The molecule has 12 rings (SSSR count). The van der Waals surface area contributed by atoms with Crippen LogP contribution in [0.15, 0.2) is 158 Å². The monoisotopic (exact) mass is 966 g/mol. The van der Waals surface area contributed by atoms with Crippen molar-refractivity contribution in [1.29, 1.82) is 0 Å². The fraction of sp³-hybridized carbons (Fsp3) is 0.0741. The summed E-state index contributed by atoms with van der Waals surface area (Å²) in [5, 5.41) is 4.72. The van der Waals surface area contributed by atoms with Crippen LogP contribution in [-0.2, 0) is 28.1 Å². The van der Waals surface area contributed by atoms with E-state index in [0.717, 1.165) is 78.2 Å². The van der Waals surface area contributed by atoms with Crippen molar-refractivity contribution in [2.24, 2.45) is 7.05 Å². The first-order chi connectivity index (χ1) is 29.4. The van der Waals surface area contributed by atoms with E-state index in [9.17, 15) is 0 Å². The summed E-state index contributed by atoms with van der Waals surface area (Å²) in [6, 6.07) is 64.3. The van der Waals surface area contributed by atoms with Gasteiger partial charge in [-0.2, -0.15) is 6.07 Å². The zero-order valence-corrected chi connectivity index (χ0v) is 36.4. The van der Waals surface area contributed by atoms with Gasteiger partial charge in [0.2, 0.25) is 0 Å². The zero-order valence-electron chi connectivity index (χ0n) is 34.1. The molecule has 61 heavy (non-hydrogen) atoms. The van der Waals surface area contributed by atoms with Gasteiger partial charge in [0.1, 0.15) is 0 Å². The van der Waals surface area contributed by atoms with Gasteiger partial charge < -0.3 is 23.5 Å². The molecule has 0 amide bonds. The van der Waals surface area contributed by atoms with Gasteiger partial charge in [-0.05, 0) is 91.3 Å². The van der Waals surface area contributed by atoms with E-state index >= 15 is 0 Å². The van der Waals surface area contributed by atoms with Crippen molar-refractivity contribution in [1.82, 2.24) is 18.7 Å². The Morgan fingerprint density at radius 3 is 1.95 bits per heavy atom. The minimum atomic E-state index is 0. The zero-order chi connectivity index (χ0) is 40.2. The third-order valence-corrected chi connectivity index (χ3v) is 12.3. The van der Waals surface area contributed by atoms with E-state index in [-0.39, 0.29) is 21.1 Å². The number of imidazole rings is 1. The molecule has 11 aromatic rings. The first-order valence-electron chi connectivity index (χ1n) is 20.5. The molecular weight excluding hydrogens is 928 g/mol. The molecule has 7 heteroatoms. The fourth-order valence-electron chi connectivity index (χ4n) is 9.77. The molecule has 0 spiro atoms. The van der Waals surface area contributed by atoms with Gasteiger partial charge >= 0.3 is 0 Å². The second-order valence-electron chi connectivity index (χ2n) is 16.0. The number of anilines is 4. The normalized spacial score (nSPS) is 12.7. The Balaban J connectivity index is 0.00000420. The number of nitrogens with zero attached hydrogens (tertiary/aromatic N) is 6. The van der Waals surface area contributed by atoms with Gasteiger partial charge in [-0.3, -0.25) is 4.98 Å². The van der Waals surface area contributed by atoms with Crippen LogP contribution in [-0.4, -0.2) is 18.7 Å². The Morgan fingerprint density at radius 1 is 0.508 bits per heavy atom. The van der Waals surface area contributed by atoms with Gasteiger partial charge in [-0.25, -0.2) is 0 Å². The average molecular weight is 967 g/mol. The maximum absolute atomic E-state index is 5.09. The summed E-state index contributed by atoms with van der Waals surface area (Å²) in [5.41, 5.74) is 17.6. The third kappa shape index (κ3) is 5.62. The molecule has 4 heterocycles. The van der Waals surface area contributed by atoms with Gasteiger partial charge in [0.25, 0.3) is 0 Å². The molecular formula is C54H39N6Pt-3. The van der Waals surface area contributed by atoms with Crippen molar-refractivity contribution in [2.75, 3.05) is 9.80 Å². The van der Waals surface area contributed by atoms with E-state index in [2.05, 4.69) is 222 Å². The maximum atomic E-state index is 5.09. The van der Waals surface area contributed by atoms with E-state index in [1.54, 1.807) is 0 Å². The summed E-state index contributed by atoms with van der Waals surface area (Å²) in [6.07, 6.45) is 0. The summed E-state index contributed by atoms with van der Waals surface area (Å²) in [7, 11) is 2.09. The van der Waals surface area contributed by atoms with Crippen molar-refractivity contribution < 1.29 is 21.1 Å². The van der Waals surface area contributed by atoms with E-state index in [1.807, 2.05) is 6.07 Å². The molecule has 0 atom stereocenters. The fourth-order valence-corrected chi connectivity index (χ4v) is 9.77. The number of fused-ring (bicyclic) bond motifs is 8. The molecule has 8 aromatic carbocycles. The molecule has 0 aliphatic carbocycles. The number of aryl methyl sites for hydroxylation is 4. The van der Waals surface area contributed by atoms with Crippen molar-refractivity contribution in [3.8, 4) is 22.8 Å². The SMILES string of the molecule is Cc1cc(C)c(N2[CH-]N(c3[c-]c(-n4c5[c-]c(-c6nc7ccccc7n6C)ccc5c5cc6c7ccccc7n(-c7ccccc7)c6cc54)ccc3)c3ccccc32)c(C)c1.[Pt]. The number of hydrogen-bond acceptors (Lipinski definition) is 3. The van der Waals surface area contributed by atoms with Crippen molar-refractivity contribution in [2.45, 2.75) is 20.8 Å². The first-order valence-corrected chi connectivity index (χ1v) is 20.5. The summed E-state index contributed by atoms with van der Waals surface area (Å²) in [4.78, 5) is 9.69. The van der Waals surface area contributed by atoms with Crippen LogP contribution < -0.4 is 9.80 Å². The molecule has 0 saturated carbocycles. The maximum Gasteiger partial charge on any atom is 0.0770 e. The predicted molar refractivity (Wildman–Crippen MR) is 248 cm³/mol. The predicted octanol–water partition coefficient (Wildman–Crippen LogP) is 13.4. The summed E-state index contributed by atoms with van der Waals surface area (Å²) >= 11 is 0. The number of aromatic nitrogens is 4. The number of rotatable bonds is 5. The van der Waals surface area contributed by atoms with Gasteiger partial charge in [-0.1, -0.05) is 95.5 Å². The number of hydrogen-bond donors (Lipinski definition) is 0. The molecule has 0 N–H and O–H groups in total.